The van der Waals surface area contributed by atoms with Crippen molar-refractivity contribution in [3.8, 4) is 0 Å². The van der Waals surface area contributed by atoms with Crippen LogP contribution in [0.3, 0.4) is 0 Å². The lowest BCUT2D eigenvalue weighted by molar-refractivity contribution is -0.385. The number of nitrogens with one attached hydrogen (secondary N) is 1. The molecule has 0 aliphatic carbocycles. The Morgan fingerprint density at radius 2 is 1.92 bits per heavy atom. The number of nitro groups is 1. The third kappa shape index (κ3) is 5.67. The molecule has 0 aliphatic rings. The largest absolute Gasteiger partial charge is 0.324 e. The minimum Gasteiger partial charge on any atom is -0.324 e. The van der Waals surface area contributed by atoms with Gasteiger partial charge in [0.15, 0.2) is 0 Å². The van der Waals surface area contributed by atoms with Gasteiger partial charge in [-0.1, -0.05) is 13.8 Å². The Balaban J connectivity index is 0.00000529. The molecular weight excluding hydrogens is 356 g/mol. The summed E-state index contributed by atoms with van der Waals surface area (Å²) in [7, 11) is -2.56. The number of nitrogens with zero attached hydrogens (tertiary/aromatic N) is 2. The van der Waals surface area contributed by atoms with Gasteiger partial charge in [-0.05, 0) is 44.7 Å². The average Bonchev–Trinajstić information content (AvgIpc) is 2.54. The second-order valence-corrected chi connectivity index (χ2v) is 6.96. The molecule has 0 aromatic heterocycles. The van der Waals surface area contributed by atoms with Crippen molar-refractivity contribution in [2.24, 2.45) is 5.73 Å². The Morgan fingerprint density at radius 3 is 2.38 bits per heavy atom. The van der Waals surface area contributed by atoms with Crippen LogP contribution in [-0.4, -0.2) is 44.9 Å². The highest BCUT2D eigenvalue weighted by atomic mass is 35.5. The van der Waals surface area contributed by atoms with Gasteiger partial charge >= 0.3 is 0 Å². The second-order valence-electron chi connectivity index (χ2n) is 5.11. The number of sulfonamides is 1. The molecule has 0 saturated carbocycles. The third-order valence-electron chi connectivity index (χ3n) is 3.82. The van der Waals surface area contributed by atoms with Crippen molar-refractivity contribution in [1.29, 1.82) is 0 Å². The van der Waals surface area contributed by atoms with E-state index < -0.39 is 21.0 Å². The van der Waals surface area contributed by atoms with E-state index in [1.54, 1.807) is 0 Å². The summed E-state index contributed by atoms with van der Waals surface area (Å²) in [6.45, 7) is 6.57. The monoisotopic (exact) mass is 380 g/mol. The summed E-state index contributed by atoms with van der Waals surface area (Å²) in [5.74, 6) is 0. The van der Waals surface area contributed by atoms with Crippen molar-refractivity contribution in [3.05, 3.63) is 33.9 Å². The van der Waals surface area contributed by atoms with Gasteiger partial charge in [-0.2, -0.15) is 0 Å². The lowest BCUT2D eigenvalue weighted by Crippen LogP contribution is -2.28. The fourth-order valence-electron chi connectivity index (χ4n) is 2.30. The molecule has 10 heteroatoms. The van der Waals surface area contributed by atoms with Crippen molar-refractivity contribution >= 4 is 28.1 Å². The summed E-state index contributed by atoms with van der Waals surface area (Å²) in [6, 6.07) is 3.24. The highest BCUT2D eigenvalue weighted by Crippen LogP contribution is 2.27. The molecule has 138 valence electrons. The summed E-state index contributed by atoms with van der Waals surface area (Å²) in [4.78, 5) is 12.3. The van der Waals surface area contributed by atoms with Gasteiger partial charge in [0.25, 0.3) is 5.69 Å². The molecule has 1 unspecified atom stereocenters. The topological polar surface area (TPSA) is 119 Å². The van der Waals surface area contributed by atoms with Gasteiger partial charge in [0.05, 0.1) is 9.82 Å². The molecule has 1 rings (SSSR count). The molecule has 0 aliphatic heterocycles. The standard InChI is InChI=1S/C14H24N4O4S.ClH/c1-4-17(5-2)9-8-13(15)12-7-6-11(18(19)20)10-14(12)23(21,22)16-3;/h6-7,10,13,16H,4-5,8-9,15H2,1-3H3;1H. The van der Waals surface area contributed by atoms with Crippen molar-refractivity contribution < 1.29 is 13.3 Å². The van der Waals surface area contributed by atoms with Gasteiger partial charge in [-0.3, -0.25) is 10.1 Å². The Labute approximate surface area is 149 Å². The molecular formula is C14H25ClN4O4S. The van der Waals surface area contributed by atoms with E-state index >= 15 is 0 Å². The lowest BCUT2D eigenvalue weighted by Gasteiger charge is -2.22. The van der Waals surface area contributed by atoms with Crippen molar-refractivity contribution in [2.75, 3.05) is 26.7 Å². The fraction of sp³-hybridized carbons (Fsp3) is 0.571. The lowest BCUT2D eigenvalue weighted by atomic mass is 10.0. The first-order valence-electron chi connectivity index (χ1n) is 7.46. The normalized spacial score (nSPS) is 12.7. The van der Waals surface area contributed by atoms with Crippen LogP contribution >= 0.6 is 12.4 Å². The van der Waals surface area contributed by atoms with Crippen LogP contribution < -0.4 is 10.5 Å². The van der Waals surface area contributed by atoms with Gasteiger partial charge < -0.3 is 10.6 Å². The van der Waals surface area contributed by atoms with Crippen LogP contribution in [0.4, 0.5) is 5.69 Å². The molecule has 3 N–H and O–H groups in total. The minimum atomic E-state index is -3.83. The number of hydrogen-bond donors (Lipinski definition) is 2. The minimum absolute atomic E-state index is 0. The van der Waals surface area contributed by atoms with Gasteiger partial charge in [-0.25, -0.2) is 13.1 Å². The van der Waals surface area contributed by atoms with E-state index in [1.165, 1.54) is 19.2 Å². The zero-order chi connectivity index (χ0) is 17.6. The number of non-ortho nitro benzene ring substituents is 1. The first-order valence-corrected chi connectivity index (χ1v) is 8.94. The quantitative estimate of drug-likeness (QED) is 0.496. The number of hydrogen-bond acceptors (Lipinski definition) is 6. The van der Waals surface area contributed by atoms with Gasteiger partial charge in [0, 0.05) is 18.2 Å². The Kier molecular flexibility index (Phi) is 9.38. The zero-order valence-electron chi connectivity index (χ0n) is 14.1. The summed E-state index contributed by atoms with van der Waals surface area (Å²) in [5, 5.41) is 10.9. The maximum absolute atomic E-state index is 12.2. The van der Waals surface area contributed by atoms with Gasteiger partial charge in [-0.15, -0.1) is 12.4 Å². The maximum atomic E-state index is 12.2. The Morgan fingerprint density at radius 1 is 1.33 bits per heavy atom. The smallest absolute Gasteiger partial charge is 0.270 e. The molecule has 1 aromatic rings. The first kappa shape index (κ1) is 22.7. The third-order valence-corrected chi connectivity index (χ3v) is 5.29. The van der Waals surface area contributed by atoms with Crippen LogP contribution in [0.2, 0.25) is 0 Å². The van der Waals surface area contributed by atoms with Crippen molar-refractivity contribution in [1.82, 2.24) is 9.62 Å². The van der Waals surface area contributed by atoms with Crippen LogP contribution in [0.25, 0.3) is 0 Å². The van der Waals surface area contributed by atoms with Crippen molar-refractivity contribution in [3.63, 3.8) is 0 Å². The number of nitrogens with two attached hydrogens (primary N) is 1. The fourth-order valence-corrected chi connectivity index (χ4v) is 3.33. The zero-order valence-corrected chi connectivity index (χ0v) is 15.7. The maximum Gasteiger partial charge on any atom is 0.270 e. The second kappa shape index (κ2) is 9.90. The van der Waals surface area contributed by atoms with Crippen LogP contribution in [0.5, 0.6) is 0 Å². The molecule has 0 bridgehead atoms. The van der Waals surface area contributed by atoms with E-state index in [0.717, 1.165) is 25.7 Å². The highest BCUT2D eigenvalue weighted by molar-refractivity contribution is 7.89. The molecule has 0 saturated heterocycles. The molecule has 0 amide bonds. The molecule has 0 radical (unpaired) electrons. The highest BCUT2D eigenvalue weighted by Gasteiger charge is 2.24. The number of rotatable bonds is 9. The molecule has 0 heterocycles. The van der Waals surface area contributed by atoms with E-state index in [9.17, 15) is 18.5 Å². The van der Waals surface area contributed by atoms with E-state index in [1.807, 2.05) is 13.8 Å². The molecule has 1 aromatic carbocycles. The first-order chi connectivity index (χ1) is 10.8. The summed E-state index contributed by atoms with van der Waals surface area (Å²) >= 11 is 0. The van der Waals surface area contributed by atoms with Crippen LogP contribution in [0.1, 0.15) is 31.9 Å². The Bertz CT molecular complexity index is 650. The van der Waals surface area contributed by atoms with Crippen LogP contribution in [0, 0.1) is 10.1 Å². The molecule has 24 heavy (non-hydrogen) atoms. The number of nitro benzene ring substituents is 1. The molecule has 0 fully saturated rings. The predicted octanol–water partition coefficient (Wildman–Crippen LogP) is 1.66. The van der Waals surface area contributed by atoms with Crippen LogP contribution in [0.15, 0.2) is 23.1 Å². The van der Waals surface area contributed by atoms with E-state index in [2.05, 4.69) is 9.62 Å². The van der Waals surface area contributed by atoms with Gasteiger partial charge in [0.1, 0.15) is 0 Å². The van der Waals surface area contributed by atoms with Crippen molar-refractivity contribution in [2.45, 2.75) is 31.2 Å². The average molecular weight is 381 g/mol. The van der Waals surface area contributed by atoms with E-state index in [0.29, 0.717) is 12.0 Å². The number of halogens is 1. The van der Waals surface area contributed by atoms with E-state index in [-0.39, 0.29) is 23.0 Å². The molecule has 1 atom stereocenters. The summed E-state index contributed by atoms with van der Waals surface area (Å²) in [6.07, 6.45) is 0.561. The summed E-state index contributed by atoms with van der Waals surface area (Å²) in [5.41, 5.74) is 6.25. The summed E-state index contributed by atoms with van der Waals surface area (Å²) < 4.78 is 26.5. The predicted molar refractivity (Wildman–Crippen MR) is 95.9 cm³/mol. The molecule has 0 spiro atoms. The van der Waals surface area contributed by atoms with Gasteiger partial charge in [0.2, 0.25) is 10.0 Å². The Hall–Kier alpha value is -1.26. The number of benzene rings is 1. The van der Waals surface area contributed by atoms with E-state index in [4.69, 9.17) is 5.73 Å². The SMILES string of the molecule is CCN(CC)CCC(N)c1ccc([N+](=O)[O-])cc1S(=O)(=O)NC.Cl. The van der Waals surface area contributed by atoms with Crippen LogP contribution in [-0.2, 0) is 10.0 Å². The molecule has 8 nitrogen and oxygen atoms in total.